The van der Waals surface area contributed by atoms with Gasteiger partial charge < -0.3 is 15.6 Å². The normalized spacial score (nSPS) is 12.9. The molecular formula is C15H29IN4O. The monoisotopic (exact) mass is 408 g/mol. The van der Waals surface area contributed by atoms with Crippen LogP contribution in [0.1, 0.15) is 62.5 Å². The molecule has 0 aromatic carbocycles. The van der Waals surface area contributed by atoms with Crippen molar-refractivity contribution in [3.05, 3.63) is 17.0 Å². The van der Waals surface area contributed by atoms with Crippen LogP contribution in [0.15, 0.2) is 9.52 Å². The lowest BCUT2D eigenvalue weighted by atomic mass is 10.00. The summed E-state index contributed by atoms with van der Waals surface area (Å²) in [5.41, 5.74) is 7.95. The third-order valence-corrected chi connectivity index (χ3v) is 3.45. The molecule has 0 bridgehead atoms. The van der Waals surface area contributed by atoms with Crippen LogP contribution >= 0.6 is 24.0 Å². The van der Waals surface area contributed by atoms with Crippen molar-refractivity contribution in [2.45, 2.75) is 59.3 Å². The van der Waals surface area contributed by atoms with Gasteiger partial charge in [-0.1, -0.05) is 38.3 Å². The number of rotatable bonds is 8. The predicted molar refractivity (Wildman–Crippen MR) is 98.4 cm³/mol. The summed E-state index contributed by atoms with van der Waals surface area (Å²) in [5, 5.41) is 7.13. The number of nitrogens with zero attached hydrogens (tertiary/aromatic N) is 2. The van der Waals surface area contributed by atoms with Crippen molar-refractivity contribution in [3.63, 3.8) is 0 Å². The van der Waals surface area contributed by atoms with Crippen LogP contribution in [0.3, 0.4) is 0 Å². The third kappa shape index (κ3) is 7.15. The molecule has 21 heavy (non-hydrogen) atoms. The Balaban J connectivity index is 0.00000400. The van der Waals surface area contributed by atoms with Crippen LogP contribution in [-0.4, -0.2) is 24.2 Å². The average Bonchev–Trinajstić information content (AvgIpc) is 2.75. The van der Waals surface area contributed by atoms with Gasteiger partial charge in [0, 0.05) is 24.6 Å². The first kappa shape index (κ1) is 20.2. The van der Waals surface area contributed by atoms with E-state index in [-0.39, 0.29) is 29.9 Å². The number of guanidine groups is 1. The SMILES string of the molecule is CCCCCCNC(N)=NCC(C)c1c(C)noc1C.I. The summed E-state index contributed by atoms with van der Waals surface area (Å²) in [5.74, 6) is 1.66. The predicted octanol–water partition coefficient (Wildman–Crippen LogP) is 3.50. The van der Waals surface area contributed by atoms with Crippen molar-refractivity contribution in [3.8, 4) is 0 Å². The molecule has 1 aromatic heterocycles. The first-order chi connectivity index (χ1) is 9.56. The van der Waals surface area contributed by atoms with Gasteiger partial charge in [0.15, 0.2) is 5.96 Å². The fourth-order valence-electron chi connectivity index (χ4n) is 2.34. The van der Waals surface area contributed by atoms with Gasteiger partial charge in [0.05, 0.1) is 5.69 Å². The smallest absolute Gasteiger partial charge is 0.188 e. The zero-order valence-corrected chi connectivity index (χ0v) is 15.9. The minimum absolute atomic E-state index is 0. The van der Waals surface area contributed by atoms with Crippen molar-refractivity contribution in [2.75, 3.05) is 13.1 Å². The summed E-state index contributed by atoms with van der Waals surface area (Å²) >= 11 is 0. The molecule has 0 amide bonds. The molecule has 0 radical (unpaired) electrons. The van der Waals surface area contributed by atoms with Crippen LogP contribution in [0.2, 0.25) is 0 Å². The van der Waals surface area contributed by atoms with E-state index >= 15 is 0 Å². The Hall–Kier alpha value is -0.790. The molecule has 0 aliphatic rings. The number of hydrogen-bond acceptors (Lipinski definition) is 3. The van der Waals surface area contributed by atoms with Crippen molar-refractivity contribution in [1.29, 1.82) is 0 Å². The lowest BCUT2D eigenvalue weighted by Crippen LogP contribution is -2.32. The first-order valence-corrected chi connectivity index (χ1v) is 7.52. The van der Waals surface area contributed by atoms with E-state index in [1.54, 1.807) is 0 Å². The van der Waals surface area contributed by atoms with E-state index in [0.717, 1.165) is 30.0 Å². The molecular weight excluding hydrogens is 379 g/mol. The molecule has 1 rings (SSSR count). The zero-order chi connectivity index (χ0) is 15.0. The number of aryl methyl sites for hydroxylation is 2. The second-order valence-electron chi connectivity index (χ2n) is 5.35. The van der Waals surface area contributed by atoms with Crippen molar-refractivity contribution >= 4 is 29.9 Å². The molecule has 3 N–H and O–H groups in total. The average molecular weight is 408 g/mol. The second-order valence-corrected chi connectivity index (χ2v) is 5.35. The number of aromatic nitrogens is 1. The molecule has 0 aliphatic heterocycles. The van der Waals surface area contributed by atoms with Crippen LogP contribution in [0.4, 0.5) is 0 Å². The Kier molecular flexibility index (Phi) is 10.5. The topological polar surface area (TPSA) is 76.4 Å². The van der Waals surface area contributed by atoms with Gasteiger partial charge in [-0.15, -0.1) is 24.0 Å². The Morgan fingerprint density at radius 3 is 2.62 bits per heavy atom. The number of nitrogens with two attached hydrogens (primary N) is 1. The minimum Gasteiger partial charge on any atom is -0.370 e. The lowest BCUT2D eigenvalue weighted by Gasteiger charge is -2.10. The van der Waals surface area contributed by atoms with E-state index in [1.165, 1.54) is 19.3 Å². The number of hydrogen-bond donors (Lipinski definition) is 2. The van der Waals surface area contributed by atoms with E-state index in [1.807, 2.05) is 13.8 Å². The summed E-state index contributed by atoms with van der Waals surface area (Å²) in [6.45, 7) is 9.77. The molecule has 1 unspecified atom stereocenters. The largest absolute Gasteiger partial charge is 0.370 e. The molecule has 1 heterocycles. The maximum absolute atomic E-state index is 5.87. The van der Waals surface area contributed by atoms with Crippen LogP contribution in [0, 0.1) is 13.8 Å². The molecule has 0 fully saturated rings. The number of halogens is 1. The van der Waals surface area contributed by atoms with E-state index < -0.39 is 0 Å². The first-order valence-electron chi connectivity index (χ1n) is 7.52. The van der Waals surface area contributed by atoms with E-state index in [9.17, 15) is 0 Å². The zero-order valence-electron chi connectivity index (χ0n) is 13.6. The molecule has 6 heteroatoms. The highest BCUT2D eigenvalue weighted by atomic mass is 127. The lowest BCUT2D eigenvalue weighted by molar-refractivity contribution is 0.391. The van der Waals surface area contributed by atoms with Crippen molar-refractivity contribution in [1.82, 2.24) is 10.5 Å². The summed E-state index contributed by atoms with van der Waals surface area (Å²) in [7, 11) is 0. The molecule has 0 aliphatic carbocycles. The maximum Gasteiger partial charge on any atom is 0.188 e. The Morgan fingerprint density at radius 2 is 2.05 bits per heavy atom. The van der Waals surface area contributed by atoms with Gasteiger partial charge in [0.1, 0.15) is 5.76 Å². The second kappa shape index (κ2) is 10.9. The summed E-state index contributed by atoms with van der Waals surface area (Å²) in [4.78, 5) is 4.39. The Bertz CT molecular complexity index is 412. The molecule has 0 spiro atoms. The van der Waals surface area contributed by atoms with Crippen LogP contribution < -0.4 is 11.1 Å². The standard InChI is InChI=1S/C15H28N4O.HI/c1-5-6-7-8-9-17-15(16)18-10-11(2)14-12(3)19-20-13(14)4;/h11H,5-10H2,1-4H3,(H3,16,17,18);1H. The van der Waals surface area contributed by atoms with E-state index in [4.69, 9.17) is 10.3 Å². The van der Waals surface area contributed by atoms with Gasteiger partial charge in [0.2, 0.25) is 0 Å². The summed E-state index contributed by atoms with van der Waals surface area (Å²) in [6, 6.07) is 0. The van der Waals surface area contributed by atoms with E-state index in [2.05, 4.69) is 29.3 Å². The van der Waals surface area contributed by atoms with Gasteiger partial charge >= 0.3 is 0 Å². The minimum atomic E-state index is 0. The molecule has 122 valence electrons. The Labute approximate surface area is 145 Å². The molecule has 0 saturated heterocycles. The Morgan fingerprint density at radius 1 is 1.33 bits per heavy atom. The number of aliphatic imine (C=N–C) groups is 1. The highest BCUT2D eigenvalue weighted by molar-refractivity contribution is 14.0. The number of nitrogens with one attached hydrogen (secondary N) is 1. The highest BCUT2D eigenvalue weighted by Gasteiger charge is 2.15. The fraction of sp³-hybridized carbons (Fsp3) is 0.733. The van der Waals surface area contributed by atoms with Crippen LogP contribution in [0.25, 0.3) is 0 Å². The number of unbranched alkanes of at least 4 members (excludes halogenated alkanes) is 3. The summed E-state index contributed by atoms with van der Waals surface area (Å²) in [6.07, 6.45) is 4.91. The molecule has 1 atom stereocenters. The third-order valence-electron chi connectivity index (χ3n) is 3.45. The van der Waals surface area contributed by atoms with Gasteiger partial charge in [-0.05, 0) is 20.3 Å². The van der Waals surface area contributed by atoms with Crippen molar-refractivity contribution in [2.24, 2.45) is 10.7 Å². The maximum atomic E-state index is 5.87. The quantitative estimate of drug-likeness (QED) is 0.299. The van der Waals surface area contributed by atoms with Gasteiger partial charge in [-0.3, -0.25) is 4.99 Å². The van der Waals surface area contributed by atoms with Crippen molar-refractivity contribution < 1.29 is 4.52 Å². The van der Waals surface area contributed by atoms with Crippen LogP contribution in [-0.2, 0) is 0 Å². The summed E-state index contributed by atoms with van der Waals surface area (Å²) < 4.78 is 5.18. The molecule has 1 aromatic rings. The molecule has 5 nitrogen and oxygen atoms in total. The van der Waals surface area contributed by atoms with Gasteiger partial charge in [-0.2, -0.15) is 0 Å². The highest BCUT2D eigenvalue weighted by Crippen LogP contribution is 2.22. The van der Waals surface area contributed by atoms with Gasteiger partial charge in [0.25, 0.3) is 0 Å². The van der Waals surface area contributed by atoms with E-state index in [0.29, 0.717) is 12.5 Å². The van der Waals surface area contributed by atoms with Gasteiger partial charge in [-0.25, -0.2) is 0 Å². The fourth-order valence-corrected chi connectivity index (χ4v) is 2.34. The van der Waals surface area contributed by atoms with Crippen LogP contribution in [0.5, 0.6) is 0 Å². The molecule has 0 saturated carbocycles.